The standard InChI is InChI=1S/C36H27P/c1-5-15-28(16-6-1)34(29-17-7-2-8-18-29)27-31-21-13-19-30-20-14-26-35(36(30)31)37(32-22-9-3-10-23-32)33-24-11-4-12-25-33/h1-27H. The molecule has 6 aromatic carbocycles. The number of fused-ring (bicyclic) bond motifs is 1. The number of benzene rings is 6. The van der Waals surface area contributed by atoms with Crippen LogP contribution < -0.4 is 15.9 Å². The summed E-state index contributed by atoms with van der Waals surface area (Å²) in [6.07, 6.45) is 2.38. The fraction of sp³-hybridized carbons (Fsp3) is 0. The normalized spacial score (nSPS) is 10.9. The number of rotatable bonds is 6. The van der Waals surface area contributed by atoms with E-state index in [-0.39, 0.29) is 0 Å². The molecule has 0 aliphatic heterocycles. The molecule has 37 heavy (non-hydrogen) atoms. The third-order valence-electron chi connectivity index (χ3n) is 6.65. The highest BCUT2D eigenvalue weighted by molar-refractivity contribution is 7.80. The molecule has 0 heterocycles. The molecule has 0 unspecified atom stereocenters. The van der Waals surface area contributed by atoms with Gasteiger partial charge < -0.3 is 0 Å². The first-order chi connectivity index (χ1) is 18.4. The van der Waals surface area contributed by atoms with Gasteiger partial charge in [0, 0.05) is 0 Å². The zero-order valence-corrected chi connectivity index (χ0v) is 21.4. The molecule has 0 fully saturated rings. The van der Waals surface area contributed by atoms with Crippen molar-refractivity contribution in [2.24, 2.45) is 0 Å². The van der Waals surface area contributed by atoms with Crippen molar-refractivity contribution in [3.05, 3.63) is 174 Å². The summed E-state index contributed by atoms with van der Waals surface area (Å²) in [4.78, 5) is 0. The Balaban J connectivity index is 1.63. The second kappa shape index (κ2) is 10.8. The van der Waals surface area contributed by atoms with Crippen molar-refractivity contribution in [3.8, 4) is 0 Å². The second-order valence-corrected chi connectivity index (χ2v) is 11.2. The van der Waals surface area contributed by atoms with Crippen LogP contribution in [0, 0.1) is 0 Å². The molecule has 0 N–H and O–H groups in total. The molecule has 6 aromatic rings. The molecule has 0 nitrogen and oxygen atoms in total. The molecule has 0 saturated heterocycles. The number of hydrogen-bond donors (Lipinski definition) is 0. The lowest BCUT2D eigenvalue weighted by atomic mass is 9.94. The van der Waals surface area contributed by atoms with Crippen molar-refractivity contribution in [1.29, 1.82) is 0 Å². The van der Waals surface area contributed by atoms with E-state index >= 15 is 0 Å². The summed E-state index contributed by atoms with van der Waals surface area (Å²) in [5.41, 5.74) is 4.91. The molecule has 0 aliphatic rings. The topological polar surface area (TPSA) is 0 Å². The molecule has 0 spiro atoms. The largest absolute Gasteiger partial charge is 0.0622 e. The van der Waals surface area contributed by atoms with E-state index < -0.39 is 7.92 Å². The van der Waals surface area contributed by atoms with Gasteiger partial charge in [-0.1, -0.05) is 158 Å². The van der Waals surface area contributed by atoms with Crippen molar-refractivity contribution in [2.75, 3.05) is 0 Å². The lowest BCUT2D eigenvalue weighted by Gasteiger charge is -2.22. The van der Waals surface area contributed by atoms with Gasteiger partial charge in [0.25, 0.3) is 0 Å². The lowest BCUT2D eigenvalue weighted by molar-refractivity contribution is 1.56. The molecule has 6 rings (SSSR count). The third-order valence-corrected chi connectivity index (χ3v) is 9.14. The molecule has 0 aromatic heterocycles. The summed E-state index contributed by atoms with van der Waals surface area (Å²) in [7, 11) is -0.725. The van der Waals surface area contributed by atoms with Gasteiger partial charge in [-0.05, 0) is 62.9 Å². The Morgan fingerprint density at radius 2 is 0.892 bits per heavy atom. The van der Waals surface area contributed by atoms with Crippen LogP contribution in [0.5, 0.6) is 0 Å². The van der Waals surface area contributed by atoms with E-state index in [0.29, 0.717) is 0 Å². The number of hydrogen-bond acceptors (Lipinski definition) is 0. The van der Waals surface area contributed by atoms with Crippen molar-refractivity contribution in [1.82, 2.24) is 0 Å². The Morgan fingerprint density at radius 1 is 0.432 bits per heavy atom. The highest BCUT2D eigenvalue weighted by Crippen LogP contribution is 2.38. The predicted molar refractivity (Wildman–Crippen MR) is 163 cm³/mol. The van der Waals surface area contributed by atoms with Crippen molar-refractivity contribution in [2.45, 2.75) is 0 Å². The Morgan fingerprint density at radius 3 is 1.41 bits per heavy atom. The summed E-state index contributed by atoms with van der Waals surface area (Å²) in [6.45, 7) is 0. The van der Waals surface area contributed by atoms with E-state index in [1.165, 1.54) is 48.9 Å². The first-order valence-electron chi connectivity index (χ1n) is 12.6. The van der Waals surface area contributed by atoms with E-state index in [1.54, 1.807) is 0 Å². The van der Waals surface area contributed by atoms with Crippen LogP contribution in [0.1, 0.15) is 16.7 Å². The molecule has 0 aliphatic carbocycles. The predicted octanol–water partition coefficient (Wildman–Crippen LogP) is 8.19. The first-order valence-corrected chi connectivity index (χ1v) is 14.0. The van der Waals surface area contributed by atoms with Crippen LogP contribution in [-0.2, 0) is 0 Å². The first kappa shape index (κ1) is 23.2. The maximum absolute atomic E-state index is 2.38. The maximum atomic E-state index is 2.38. The quantitative estimate of drug-likeness (QED) is 0.163. The van der Waals surface area contributed by atoms with E-state index in [2.05, 4.69) is 164 Å². The van der Waals surface area contributed by atoms with Crippen LogP contribution in [-0.4, -0.2) is 0 Å². The summed E-state index contributed by atoms with van der Waals surface area (Å²) in [5.74, 6) is 0. The van der Waals surface area contributed by atoms with Gasteiger partial charge in [-0.25, -0.2) is 0 Å². The molecular weight excluding hydrogens is 463 g/mol. The highest BCUT2D eigenvalue weighted by atomic mass is 31.1. The minimum Gasteiger partial charge on any atom is -0.0622 e. The molecule has 0 radical (unpaired) electrons. The Kier molecular flexibility index (Phi) is 6.76. The van der Waals surface area contributed by atoms with E-state index in [4.69, 9.17) is 0 Å². The van der Waals surface area contributed by atoms with Crippen molar-refractivity contribution in [3.63, 3.8) is 0 Å². The molecule has 0 saturated carbocycles. The van der Waals surface area contributed by atoms with Crippen LogP contribution in [0.25, 0.3) is 22.4 Å². The van der Waals surface area contributed by atoms with Gasteiger partial charge in [-0.3, -0.25) is 0 Å². The van der Waals surface area contributed by atoms with Gasteiger partial charge in [-0.2, -0.15) is 0 Å². The third kappa shape index (κ3) is 4.90. The van der Waals surface area contributed by atoms with Crippen LogP contribution in [0.2, 0.25) is 0 Å². The molecule has 176 valence electrons. The zero-order chi connectivity index (χ0) is 24.9. The molecule has 0 amide bonds. The second-order valence-electron chi connectivity index (χ2n) is 9.02. The lowest BCUT2D eigenvalue weighted by Crippen LogP contribution is -2.21. The summed E-state index contributed by atoms with van der Waals surface area (Å²) < 4.78 is 0. The average Bonchev–Trinajstić information content (AvgIpc) is 2.98. The fourth-order valence-electron chi connectivity index (χ4n) is 4.96. The van der Waals surface area contributed by atoms with Crippen molar-refractivity contribution < 1.29 is 0 Å². The van der Waals surface area contributed by atoms with Gasteiger partial charge in [0.15, 0.2) is 0 Å². The van der Waals surface area contributed by atoms with Crippen LogP contribution in [0.3, 0.4) is 0 Å². The minimum atomic E-state index is -0.725. The van der Waals surface area contributed by atoms with Gasteiger partial charge in [0.05, 0.1) is 0 Å². The van der Waals surface area contributed by atoms with Gasteiger partial charge in [0.1, 0.15) is 0 Å². The summed E-state index contributed by atoms with van der Waals surface area (Å²) in [5, 5.41) is 6.71. The SMILES string of the molecule is C(=C(c1ccccc1)c1ccccc1)c1cccc2cccc(P(c3ccccc3)c3ccccc3)c12. The highest BCUT2D eigenvalue weighted by Gasteiger charge is 2.20. The molecule has 0 bridgehead atoms. The monoisotopic (exact) mass is 490 g/mol. The van der Waals surface area contributed by atoms with E-state index in [1.807, 2.05) is 0 Å². The zero-order valence-electron chi connectivity index (χ0n) is 20.5. The van der Waals surface area contributed by atoms with Gasteiger partial charge in [0.2, 0.25) is 0 Å². The van der Waals surface area contributed by atoms with E-state index in [9.17, 15) is 0 Å². The Hall–Kier alpha value is -4.25. The smallest absolute Gasteiger partial charge is 0.00275 e. The molecule has 1 heteroatoms. The van der Waals surface area contributed by atoms with Crippen molar-refractivity contribution >= 4 is 46.3 Å². The summed E-state index contributed by atoms with van der Waals surface area (Å²) in [6, 6.07) is 56.8. The van der Waals surface area contributed by atoms with Gasteiger partial charge in [-0.15, -0.1) is 0 Å². The van der Waals surface area contributed by atoms with Crippen LogP contribution >= 0.6 is 7.92 Å². The van der Waals surface area contributed by atoms with Gasteiger partial charge >= 0.3 is 0 Å². The molecule has 0 atom stereocenters. The Labute approximate surface area is 220 Å². The fourth-order valence-corrected chi connectivity index (χ4v) is 7.47. The average molecular weight is 491 g/mol. The summed E-state index contributed by atoms with van der Waals surface area (Å²) >= 11 is 0. The van der Waals surface area contributed by atoms with Crippen LogP contribution in [0.4, 0.5) is 0 Å². The van der Waals surface area contributed by atoms with Crippen LogP contribution in [0.15, 0.2) is 158 Å². The minimum absolute atomic E-state index is 0.725. The molecular formula is C36H27P. The maximum Gasteiger partial charge on any atom is -0.00275 e. The Bertz CT molecular complexity index is 1550. The van der Waals surface area contributed by atoms with E-state index in [0.717, 1.165) is 0 Å².